The molecule has 1 aliphatic heterocycles. The Morgan fingerprint density at radius 2 is 1.77 bits per heavy atom. The van der Waals surface area contributed by atoms with Crippen molar-refractivity contribution in [3.05, 3.63) is 78.9 Å². The van der Waals surface area contributed by atoms with Crippen molar-refractivity contribution >= 4 is 22.5 Å². The maximum Gasteiger partial charge on any atom is 0.410 e. The van der Waals surface area contributed by atoms with Crippen LogP contribution in [0.5, 0.6) is 5.75 Å². The van der Waals surface area contributed by atoms with Gasteiger partial charge in [-0.25, -0.2) is 23.8 Å². The van der Waals surface area contributed by atoms with E-state index in [4.69, 9.17) is 4.74 Å². The summed E-state index contributed by atoms with van der Waals surface area (Å²) in [6, 6.07) is 14.1. The summed E-state index contributed by atoms with van der Waals surface area (Å²) in [6.45, 7) is 0. The molecule has 4 aromatic heterocycles. The van der Waals surface area contributed by atoms with E-state index in [1.165, 1.54) is 24.1 Å². The molecule has 0 spiro atoms. The minimum atomic E-state index is -4.50. The molecule has 0 amide bonds. The van der Waals surface area contributed by atoms with Crippen LogP contribution in [0, 0.1) is 0 Å². The van der Waals surface area contributed by atoms with Crippen LogP contribution in [0.1, 0.15) is 24.1 Å². The van der Waals surface area contributed by atoms with Crippen molar-refractivity contribution in [2.24, 2.45) is 0 Å². The number of para-hydroxylation sites is 1. The SMILES string of the molecule is COc1ccc([C@H]2C[C@@H](C(F)(F)F)n3ncc(-c4nc5c6cnn(-c7ccccc7)c6ncn5n4)c3N2)cc1. The number of nitrogens with zero attached hydrogens (tertiary/aromatic N) is 8. The van der Waals surface area contributed by atoms with Gasteiger partial charge in [0, 0.05) is 6.42 Å². The predicted molar refractivity (Wildman–Crippen MR) is 136 cm³/mol. The molecule has 1 aliphatic rings. The molecule has 7 rings (SSSR count). The molecule has 5 heterocycles. The standard InChI is InChI=1S/C26H20F3N9O/c1-39-17-9-7-15(8-10-17)20-11-21(26(27,28)29)38-25(33-20)18(12-32-38)22-34-24-19-13-31-37(16-5-3-2-4-6-16)23(19)30-14-36(24)35-22/h2-10,12-14,20-21,33H,11H2,1H3/t20-,21+/m1/s1. The Balaban J connectivity index is 1.32. The number of aromatic nitrogens is 8. The van der Waals surface area contributed by atoms with E-state index >= 15 is 0 Å². The van der Waals surface area contributed by atoms with Gasteiger partial charge in [-0.15, -0.1) is 5.10 Å². The van der Waals surface area contributed by atoms with Crippen LogP contribution in [-0.4, -0.2) is 52.4 Å². The highest BCUT2D eigenvalue weighted by molar-refractivity contribution is 5.90. The fourth-order valence-corrected chi connectivity index (χ4v) is 4.97. The number of hydrogen-bond donors (Lipinski definition) is 1. The van der Waals surface area contributed by atoms with Gasteiger partial charge >= 0.3 is 6.18 Å². The first-order valence-electron chi connectivity index (χ1n) is 12.1. The maximum atomic E-state index is 14.2. The van der Waals surface area contributed by atoms with Crippen molar-refractivity contribution in [1.82, 2.24) is 39.1 Å². The second-order valence-electron chi connectivity index (χ2n) is 9.19. The lowest BCUT2D eigenvalue weighted by Crippen LogP contribution is -2.35. The second-order valence-corrected chi connectivity index (χ2v) is 9.19. The van der Waals surface area contributed by atoms with E-state index in [1.807, 2.05) is 30.3 Å². The average molecular weight is 532 g/mol. The van der Waals surface area contributed by atoms with E-state index in [0.29, 0.717) is 33.6 Å². The molecular weight excluding hydrogens is 511 g/mol. The number of ether oxygens (including phenoxy) is 1. The minimum Gasteiger partial charge on any atom is -0.497 e. The third kappa shape index (κ3) is 3.76. The third-order valence-electron chi connectivity index (χ3n) is 6.90. The molecule has 0 unspecified atom stereocenters. The van der Waals surface area contributed by atoms with Gasteiger partial charge in [0.25, 0.3) is 0 Å². The zero-order valence-electron chi connectivity index (χ0n) is 20.4. The fraction of sp³-hybridized carbons (Fsp3) is 0.192. The first kappa shape index (κ1) is 23.2. The lowest BCUT2D eigenvalue weighted by atomic mass is 9.96. The zero-order chi connectivity index (χ0) is 26.7. The van der Waals surface area contributed by atoms with Crippen LogP contribution in [0.15, 0.2) is 73.3 Å². The number of alkyl halides is 3. The highest BCUT2D eigenvalue weighted by atomic mass is 19.4. The Bertz CT molecular complexity index is 1810. The molecule has 6 aromatic rings. The van der Waals surface area contributed by atoms with E-state index in [2.05, 4.69) is 30.6 Å². The average Bonchev–Trinajstić information content (AvgIpc) is 3.68. The molecule has 0 saturated carbocycles. The van der Waals surface area contributed by atoms with E-state index in [0.717, 1.165) is 10.4 Å². The topological polar surface area (TPSA) is 100.0 Å². The number of rotatable bonds is 4. The van der Waals surface area contributed by atoms with Gasteiger partial charge < -0.3 is 10.1 Å². The summed E-state index contributed by atoms with van der Waals surface area (Å²) in [4.78, 5) is 9.18. The van der Waals surface area contributed by atoms with Gasteiger partial charge in [0.1, 0.15) is 17.9 Å². The summed E-state index contributed by atoms with van der Waals surface area (Å²) < 4.78 is 51.8. The van der Waals surface area contributed by atoms with Crippen LogP contribution in [0.4, 0.5) is 19.0 Å². The van der Waals surface area contributed by atoms with Crippen LogP contribution >= 0.6 is 0 Å². The van der Waals surface area contributed by atoms with Crippen LogP contribution in [-0.2, 0) is 0 Å². The smallest absolute Gasteiger partial charge is 0.410 e. The summed E-state index contributed by atoms with van der Waals surface area (Å²) in [5.74, 6) is 1.04. The molecule has 10 nitrogen and oxygen atoms in total. The lowest BCUT2D eigenvalue weighted by Gasteiger charge is -2.34. The van der Waals surface area contributed by atoms with Crippen molar-refractivity contribution in [2.75, 3.05) is 12.4 Å². The molecule has 0 fully saturated rings. The molecule has 0 radical (unpaired) electrons. The van der Waals surface area contributed by atoms with Crippen molar-refractivity contribution in [3.8, 4) is 22.8 Å². The van der Waals surface area contributed by atoms with Crippen LogP contribution in [0.3, 0.4) is 0 Å². The monoisotopic (exact) mass is 531 g/mol. The molecule has 2 atom stereocenters. The molecule has 39 heavy (non-hydrogen) atoms. The normalized spacial score (nSPS) is 17.3. The summed E-state index contributed by atoms with van der Waals surface area (Å²) in [6.07, 6.45) is -0.194. The van der Waals surface area contributed by atoms with E-state index in [-0.39, 0.29) is 18.1 Å². The van der Waals surface area contributed by atoms with Crippen molar-refractivity contribution in [2.45, 2.75) is 24.7 Å². The predicted octanol–water partition coefficient (Wildman–Crippen LogP) is 5.00. The van der Waals surface area contributed by atoms with E-state index in [9.17, 15) is 13.2 Å². The number of methoxy groups -OCH3 is 1. The van der Waals surface area contributed by atoms with Gasteiger partial charge in [-0.05, 0) is 29.8 Å². The van der Waals surface area contributed by atoms with Crippen LogP contribution < -0.4 is 10.1 Å². The van der Waals surface area contributed by atoms with Crippen LogP contribution in [0.25, 0.3) is 33.8 Å². The second kappa shape index (κ2) is 8.55. The molecule has 13 heteroatoms. The maximum absolute atomic E-state index is 14.2. The molecular formula is C26H20F3N9O. The number of anilines is 1. The molecule has 0 bridgehead atoms. The molecule has 0 aliphatic carbocycles. The molecule has 2 aromatic carbocycles. The number of hydrogen-bond acceptors (Lipinski definition) is 7. The first-order chi connectivity index (χ1) is 18.9. The van der Waals surface area contributed by atoms with Crippen molar-refractivity contribution < 1.29 is 17.9 Å². The van der Waals surface area contributed by atoms with Crippen molar-refractivity contribution in [1.29, 1.82) is 0 Å². The molecule has 196 valence electrons. The Morgan fingerprint density at radius 1 is 0.974 bits per heavy atom. The van der Waals surface area contributed by atoms with Gasteiger partial charge in [-0.3, -0.25) is 0 Å². The number of halogens is 3. The minimum absolute atomic E-state index is 0.199. The number of nitrogens with one attached hydrogen (secondary N) is 1. The van der Waals surface area contributed by atoms with Gasteiger partial charge in [0.2, 0.25) is 0 Å². The Labute approximate surface area is 218 Å². The van der Waals surface area contributed by atoms with Gasteiger partial charge in [-0.1, -0.05) is 30.3 Å². The van der Waals surface area contributed by atoms with E-state index in [1.54, 1.807) is 35.1 Å². The zero-order valence-corrected chi connectivity index (χ0v) is 20.4. The summed E-state index contributed by atoms with van der Waals surface area (Å²) in [5, 5.41) is 17.0. The highest BCUT2D eigenvalue weighted by Crippen LogP contribution is 2.46. The quantitative estimate of drug-likeness (QED) is 0.342. The first-order valence-corrected chi connectivity index (χ1v) is 12.1. The van der Waals surface area contributed by atoms with Gasteiger partial charge in [0.15, 0.2) is 23.2 Å². The number of benzene rings is 2. The summed E-state index contributed by atoms with van der Waals surface area (Å²) >= 11 is 0. The van der Waals surface area contributed by atoms with Gasteiger partial charge in [-0.2, -0.15) is 23.4 Å². The Morgan fingerprint density at radius 3 is 2.51 bits per heavy atom. The van der Waals surface area contributed by atoms with Crippen molar-refractivity contribution in [3.63, 3.8) is 0 Å². The Hall–Kier alpha value is -4.94. The Kier molecular flexibility index (Phi) is 5.08. The fourth-order valence-electron chi connectivity index (χ4n) is 4.97. The molecule has 1 N–H and O–H groups in total. The van der Waals surface area contributed by atoms with Crippen LogP contribution in [0.2, 0.25) is 0 Å². The molecule has 0 saturated heterocycles. The van der Waals surface area contributed by atoms with Gasteiger partial charge in [0.05, 0.1) is 42.2 Å². The number of fused-ring (bicyclic) bond motifs is 4. The highest BCUT2D eigenvalue weighted by Gasteiger charge is 2.47. The lowest BCUT2D eigenvalue weighted by molar-refractivity contribution is -0.173. The van der Waals surface area contributed by atoms with E-state index < -0.39 is 18.3 Å². The third-order valence-corrected chi connectivity index (χ3v) is 6.90. The largest absolute Gasteiger partial charge is 0.497 e. The summed E-state index contributed by atoms with van der Waals surface area (Å²) in [5.41, 5.74) is 2.95. The summed E-state index contributed by atoms with van der Waals surface area (Å²) in [7, 11) is 1.54.